The van der Waals surface area contributed by atoms with E-state index in [1.807, 2.05) is 6.07 Å². The second-order valence-corrected chi connectivity index (χ2v) is 5.65. The van der Waals surface area contributed by atoms with Gasteiger partial charge in [0.1, 0.15) is 5.82 Å². The lowest BCUT2D eigenvalue weighted by atomic mass is 9.91. The Labute approximate surface area is 118 Å². The van der Waals surface area contributed by atoms with Crippen LogP contribution in [0.2, 0.25) is 0 Å². The topological polar surface area (TPSA) is 12.0 Å². The smallest absolute Gasteiger partial charge is 0.124 e. The van der Waals surface area contributed by atoms with Crippen LogP contribution in [-0.4, -0.2) is 6.54 Å². The zero-order valence-corrected chi connectivity index (χ0v) is 13.1. The lowest BCUT2D eigenvalue weighted by Crippen LogP contribution is -2.23. The highest BCUT2D eigenvalue weighted by atomic mass is 79.9. The Morgan fingerprint density at radius 2 is 1.83 bits per heavy atom. The summed E-state index contributed by atoms with van der Waals surface area (Å²) in [5, 5.41) is 3.46. The zero-order chi connectivity index (χ0) is 13.5. The van der Waals surface area contributed by atoms with E-state index in [0.29, 0.717) is 5.92 Å². The molecule has 0 bridgehead atoms. The Kier molecular flexibility index (Phi) is 6.87. The highest BCUT2D eigenvalue weighted by molar-refractivity contribution is 9.10. The number of hydrogen-bond donors (Lipinski definition) is 1. The molecule has 0 aliphatic heterocycles. The van der Waals surface area contributed by atoms with Crippen molar-refractivity contribution in [3.63, 3.8) is 0 Å². The van der Waals surface area contributed by atoms with E-state index in [9.17, 15) is 4.39 Å². The Morgan fingerprint density at radius 1 is 1.17 bits per heavy atom. The van der Waals surface area contributed by atoms with Crippen molar-refractivity contribution in [2.75, 3.05) is 6.54 Å². The molecule has 1 rings (SSSR count). The van der Waals surface area contributed by atoms with Crippen molar-refractivity contribution in [1.82, 2.24) is 5.32 Å². The molecule has 0 heterocycles. The van der Waals surface area contributed by atoms with Crippen LogP contribution in [0.25, 0.3) is 0 Å². The Balaban J connectivity index is 2.88. The average molecular weight is 316 g/mol. The minimum atomic E-state index is -0.174. The van der Waals surface area contributed by atoms with Crippen molar-refractivity contribution in [2.24, 2.45) is 5.92 Å². The molecule has 0 saturated carbocycles. The zero-order valence-electron chi connectivity index (χ0n) is 11.5. The summed E-state index contributed by atoms with van der Waals surface area (Å²) in [6.07, 6.45) is 3.42. The van der Waals surface area contributed by atoms with Gasteiger partial charge in [-0.3, -0.25) is 0 Å². The van der Waals surface area contributed by atoms with Gasteiger partial charge in [0.25, 0.3) is 0 Å². The number of hydrogen-bond acceptors (Lipinski definition) is 1. The van der Waals surface area contributed by atoms with Gasteiger partial charge >= 0.3 is 0 Å². The molecule has 1 nitrogen and oxygen atoms in total. The maximum atomic E-state index is 13.5. The summed E-state index contributed by atoms with van der Waals surface area (Å²) < 4.78 is 14.3. The maximum absolute atomic E-state index is 13.5. The van der Waals surface area contributed by atoms with Gasteiger partial charge in [-0.05, 0) is 42.6 Å². The molecule has 0 fully saturated rings. The second kappa shape index (κ2) is 7.90. The molecule has 102 valence electrons. The molecule has 0 amide bonds. The molecule has 0 aliphatic carbocycles. The van der Waals surface area contributed by atoms with E-state index >= 15 is 0 Å². The quantitative estimate of drug-likeness (QED) is 0.741. The van der Waals surface area contributed by atoms with Gasteiger partial charge in [-0.15, -0.1) is 0 Å². The summed E-state index contributed by atoms with van der Waals surface area (Å²) in [5.41, 5.74) is 1.04. The third kappa shape index (κ3) is 4.69. The molecular weight excluding hydrogens is 293 g/mol. The number of halogens is 2. The van der Waals surface area contributed by atoms with Gasteiger partial charge < -0.3 is 5.32 Å². The van der Waals surface area contributed by atoms with Crippen LogP contribution in [0.5, 0.6) is 0 Å². The van der Waals surface area contributed by atoms with Crippen molar-refractivity contribution >= 4 is 15.9 Å². The Bertz CT molecular complexity index is 343. The summed E-state index contributed by atoms with van der Waals surface area (Å²) in [4.78, 5) is 0. The molecular formula is C15H23BrFN. The number of rotatable bonds is 7. The van der Waals surface area contributed by atoms with Crippen LogP contribution in [0.4, 0.5) is 4.39 Å². The van der Waals surface area contributed by atoms with Gasteiger partial charge in [0.05, 0.1) is 0 Å². The fraction of sp³-hybridized carbons (Fsp3) is 0.600. The molecule has 0 aromatic heterocycles. The average Bonchev–Trinajstić information content (AvgIpc) is 2.33. The largest absolute Gasteiger partial charge is 0.310 e. The van der Waals surface area contributed by atoms with E-state index in [2.05, 4.69) is 42.0 Å². The molecule has 0 aliphatic rings. The number of nitrogens with one attached hydrogen (secondary N) is 1. The monoisotopic (exact) mass is 315 g/mol. The molecule has 0 radical (unpaired) electrons. The number of benzene rings is 1. The Hall–Kier alpha value is -0.410. The molecule has 3 heteroatoms. The van der Waals surface area contributed by atoms with Crippen molar-refractivity contribution < 1.29 is 4.39 Å². The molecule has 1 aromatic rings. The van der Waals surface area contributed by atoms with Crippen LogP contribution >= 0.6 is 15.9 Å². The van der Waals surface area contributed by atoms with Crippen LogP contribution in [0.3, 0.4) is 0 Å². The van der Waals surface area contributed by atoms with E-state index in [0.717, 1.165) is 23.0 Å². The first-order chi connectivity index (χ1) is 8.60. The van der Waals surface area contributed by atoms with Gasteiger partial charge in [0, 0.05) is 10.5 Å². The summed E-state index contributed by atoms with van der Waals surface area (Å²) in [7, 11) is 0. The van der Waals surface area contributed by atoms with E-state index in [-0.39, 0.29) is 11.9 Å². The second-order valence-electron chi connectivity index (χ2n) is 4.73. The highest BCUT2D eigenvalue weighted by Gasteiger charge is 2.16. The molecule has 0 saturated heterocycles. The summed E-state index contributed by atoms with van der Waals surface area (Å²) in [6, 6.07) is 5.40. The Morgan fingerprint density at radius 3 is 2.33 bits per heavy atom. The maximum Gasteiger partial charge on any atom is 0.124 e. The standard InChI is InChI=1S/C15H23BrFN/c1-4-11(5-2)7-15(18-6-3)12-8-13(16)10-14(17)9-12/h8-11,15,18H,4-7H2,1-3H3. The molecule has 1 aromatic carbocycles. The predicted molar refractivity (Wildman–Crippen MR) is 79.2 cm³/mol. The first kappa shape index (κ1) is 15.6. The van der Waals surface area contributed by atoms with E-state index in [1.54, 1.807) is 6.07 Å². The molecule has 1 unspecified atom stereocenters. The third-order valence-corrected chi connectivity index (χ3v) is 3.92. The lowest BCUT2D eigenvalue weighted by molar-refractivity contribution is 0.374. The summed E-state index contributed by atoms with van der Waals surface area (Å²) in [5.74, 6) is 0.517. The van der Waals surface area contributed by atoms with Gasteiger partial charge in [-0.2, -0.15) is 0 Å². The van der Waals surface area contributed by atoms with E-state index in [4.69, 9.17) is 0 Å². The molecule has 1 N–H and O–H groups in total. The fourth-order valence-electron chi connectivity index (χ4n) is 2.32. The van der Waals surface area contributed by atoms with Crippen LogP contribution in [0.1, 0.15) is 51.6 Å². The van der Waals surface area contributed by atoms with Crippen molar-refractivity contribution in [1.29, 1.82) is 0 Å². The highest BCUT2D eigenvalue weighted by Crippen LogP contribution is 2.27. The van der Waals surface area contributed by atoms with Gasteiger partial charge in [-0.25, -0.2) is 4.39 Å². The van der Waals surface area contributed by atoms with Crippen LogP contribution in [-0.2, 0) is 0 Å². The minimum Gasteiger partial charge on any atom is -0.310 e. The van der Waals surface area contributed by atoms with Crippen molar-refractivity contribution in [2.45, 2.75) is 46.1 Å². The van der Waals surface area contributed by atoms with Gasteiger partial charge in [-0.1, -0.05) is 49.5 Å². The fourth-order valence-corrected chi connectivity index (χ4v) is 2.80. The lowest BCUT2D eigenvalue weighted by Gasteiger charge is -2.23. The SMILES string of the molecule is CCNC(CC(CC)CC)c1cc(F)cc(Br)c1. The van der Waals surface area contributed by atoms with E-state index in [1.165, 1.54) is 18.9 Å². The molecule has 0 spiro atoms. The third-order valence-electron chi connectivity index (χ3n) is 3.46. The molecule has 18 heavy (non-hydrogen) atoms. The van der Waals surface area contributed by atoms with Crippen LogP contribution < -0.4 is 5.32 Å². The molecule has 1 atom stereocenters. The summed E-state index contributed by atoms with van der Waals surface area (Å²) in [6.45, 7) is 7.44. The normalized spacial score (nSPS) is 13.0. The van der Waals surface area contributed by atoms with Gasteiger partial charge in [0.15, 0.2) is 0 Å². The first-order valence-corrected chi connectivity index (χ1v) is 7.59. The van der Waals surface area contributed by atoms with Crippen LogP contribution in [0.15, 0.2) is 22.7 Å². The minimum absolute atomic E-state index is 0.174. The van der Waals surface area contributed by atoms with Crippen molar-refractivity contribution in [3.05, 3.63) is 34.1 Å². The van der Waals surface area contributed by atoms with E-state index < -0.39 is 0 Å². The summed E-state index contributed by atoms with van der Waals surface area (Å²) >= 11 is 3.36. The van der Waals surface area contributed by atoms with Crippen molar-refractivity contribution in [3.8, 4) is 0 Å². The van der Waals surface area contributed by atoms with Gasteiger partial charge in [0.2, 0.25) is 0 Å². The van der Waals surface area contributed by atoms with Crippen LogP contribution in [0, 0.1) is 11.7 Å². The predicted octanol–water partition coefficient (Wildman–Crippen LogP) is 5.07. The first-order valence-electron chi connectivity index (χ1n) is 6.80.